The number of nitrogens with zero attached hydrogens (tertiary/aromatic N) is 2. The number of sulfonamides is 1. The van der Waals surface area contributed by atoms with Gasteiger partial charge in [-0.1, -0.05) is 36.4 Å². The van der Waals surface area contributed by atoms with Gasteiger partial charge in [0.25, 0.3) is 10.0 Å². The van der Waals surface area contributed by atoms with Crippen molar-refractivity contribution in [3.63, 3.8) is 0 Å². The lowest BCUT2D eigenvalue weighted by molar-refractivity contribution is 0.550. The van der Waals surface area contributed by atoms with Gasteiger partial charge in [-0.25, -0.2) is 13.4 Å². The molecule has 2 heterocycles. The minimum absolute atomic E-state index is 0.0433. The van der Waals surface area contributed by atoms with Crippen molar-refractivity contribution in [2.24, 2.45) is 0 Å². The first kappa shape index (κ1) is 11.4. The van der Waals surface area contributed by atoms with E-state index in [1.165, 1.54) is 16.6 Å². The van der Waals surface area contributed by atoms with E-state index in [2.05, 4.69) is 4.98 Å². The number of benzene rings is 1. The van der Waals surface area contributed by atoms with Crippen molar-refractivity contribution in [2.45, 2.75) is 11.1 Å². The molecule has 4 nitrogen and oxygen atoms in total. The molecule has 0 spiro atoms. The largest absolute Gasteiger partial charge is 0.261 e. The van der Waals surface area contributed by atoms with Gasteiger partial charge in [-0.05, 0) is 17.7 Å². The van der Waals surface area contributed by atoms with Crippen LogP contribution in [-0.4, -0.2) is 24.3 Å². The molecule has 1 aromatic carbocycles. The smallest absolute Gasteiger partial charge is 0.243 e. The second kappa shape index (κ2) is 4.19. The third-order valence-corrected chi connectivity index (χ3v) is 4.75. The predicted molar refractivity (Wildman–Crippen MR) is 67.3 cm³/mol. The molecule has 2 atom stereocenters. The van der Waals surface area contributed by atoms with E-state index in [9.17, 15) is 8.42 Å². The number of pyridine rings is 1. The molecule has 1 saturated heterocycles. The zero-order chi connectivity index (χ0) is 12.6. The highest BCUT2D eigenvalue weighted by Crippen LogP contribution is 2.39. The van der Waals surface area contributed by atoms with Gasteiger partial charge in [-0.3, -0.25) is 0 Å². The van der Waals surface area contributed by atoms with E-state index in [0.29, 0.717) is 6.54 Å². The molecule has 92 valence electrons. The molecule has 2 aromatic rings. The Labute approximate surface area is 106 Å². The summed E-state index contributed by atoms with van der Waals surface area (Å²) in [5, 5.41) is 0.114. The average Bonchev–Trinajstić information content (AvgIpc) is 3.22. The summed E-state index contributed by atoms with van der Waals surface area (Å²) >= 11 is 0. The van der Waals surface area contributed by atoms with Crippen LogP contribution in [0.1, 0.15) is 11.6 Å². The van der Waals surface area contributed by atoms with Gasteiger partial charge in [-0.15, -0.1) is 0 Å². The maximum Gasteiger partial charge on any atom is 0.261 e. The van der Waals surface area contributed by atoms with E-state index < -0.39 is 10.0 Å². The van der Waals surface area contributed by atoms with E-state index >= 15 is 0 Å². The Morgan fingerprint density at radius 3 is 2.44 bits per heavy atom. The van der Waals surface area contributed by atoms with E-state index in [-0.39, 0.29) is 11.1 Å². The standard InChI is InChI=1S/C13H12N2O2S/c16-18(17,13-8-4-5-9-14-13)15-10-12(15)11-6-2-1-3-7-11/h1-9,12H,10H2. The van der Waals surface area contributed by atoms with E-state index in [1.54, 1.807) is 12.1 Å². The summed E-state index contributed by atoms with van der Waals surface area (Å²) in [6.45, 7) is 0.531. The Hall–Kier alpha value is -1.72. The first-order valence-electron chi connectivity index (χ1n) is 5.67. The molecule has 1 aliphatic heterocycles. The second-order valence-electron chi connectivity index (χ2n) is 4.17. The van der Waals surface area contributed by atoms with Gasteiger partial charge in [0.05, 0.1) is 6.04 Å². The number of hydrogen-bond donors (Lipinski definition) is 0. The Balaban J connectivity index is 1.87. The molecule has 3 rings (SSSR count). The third kappa shape index (κ3) is 1.91. The quantitative estimate of drug-likeness (QED) is 0.791. The van der Waals surface area contributed by atoms with Gasteiger partial charge in [0, 0.05) is 12.7 Å². The van der Waals surface area contributed by atoms with E-state index in [4.69, 9.17) is 0 Å². The third-order valence-electron chi connectivity index (χ3n) is 2.96. The summed E-state index contributed by atoms with van der Waals surface area (Å²) in [5.41, 5.74) is 1.03. The van der Waals surface area contributed by atoms with Crippen LogP contribution < -0.4 is 0 Å². The minimum atomic E-state index is -3.44. The minimum Gasteiger partial charge on any atom is -0.243 e. The molecule has 18 heavy (non-hydrogen) atoms. The van der Waals surface area contributed by atoms with Crippen molar-refractivity contribution in [3.05, 3.63) is 60.3 Å². The fraction of sp³-hybridized carbons (Fsp3) is 0.154. The molecule has 0 N–H and O–H groups in total. The zero-order valence-corrected chi connectivity index (χ0v) is 10.4. The van der Waals surface area contributed by atoms with Gasteiger partial charge >= 0.3 is 0 Å². The Kier molecular flexibility index (Phi) is 2.65. The van der Waals surface area contributed by atoms with Crippen molar-refractivity contribution >= 4 is 10.0 Å². The van der Waals surface area contributed by atoms with Crippen LogP contribution in [-0.2, 0) is 10.0 Å². The summed E-state index contributed by atoms with van der Waals surface area (Å²) in [5.74, 6) is 0. The van der Waals surface area contributed by atoms with Crippen molar-refractivity contribution in [1.29, 1.82) is 0 Å². The summed E-state index contributed by atoms with van der Waals surface area (Å²) < 4.78 is 25.9. The lowest BCUT2D eigenvalue weighted by atomic mass is 10.2. The molecule has 2 unspecified atom stereocenters. The monoisotopic (exact) mass is 260 g/mol. The van der Waals surface area contributed by atoms with Crippen LogP contribution in [0.5, 0.6) is 0 Å². The lowest BCUT2D eigenvalue weighted by Crippen LogP contribution is -2.14. The molecule has 0 amide bonds. The van der Waals surface area contributed by atoms with Gasteiger partial charge in [0.1, 0.15) is 0 Å². The molecule has 0 saturated carbocycles. The maximum absolute atomic E-state index is 12.2. The molecular weight excluding hydrogens is 248 g/mol. The predicted octanol–water partition coefficient (Wildman–Crippen LogP) is 1.83. The fourth-order valence-electron chi connectivity index (χ4n) is 1.96. The highest BCUT2D eigenvalue weighted by molar-refractivity contribution is 7.89. The molecule has 0 aliphatic carbocycles. The summed E-state index contributed by atoms with van der Waals surface area (Å²) in [7, 11) is -3.44. The summed E-state index contributed by atoms with van der Waals surface area (Å²) in [4.78, 5) is 3.91. The van der Waals surface area contributed by atoms with Crippen LogP contribution in [0.25, 0.3) is 0 Å². The average molecular weight is 260 g/mol. The Morgan fingerprint density at radius 1 is 1.06 bits per heavy atom. The van der Waals surface area contributed by atoms with Gasteiger partial charge in [-0.2, -0.15) is 4.31 Å². The first-order valence-corrected chi connectivity index (χ1v) is 7.11. The number of rotatable bonds is 3. The van der Waals surface area contributed by atoms with Crippen LogP contribution >= 0.6 is 0 Å². The van der Waals surface area contributed by atoms with Crippen molar-refractivity contribution in [1.82, 2.24) is 9.29 Å². The molecule has 1 aromatic heterocycles. The highest BCUT2D eigenvalue weighted by Gasteiger charge is 2.45. The van der Waals surface area contributed by atoms with Crippen molar-refractivity contribution in [3.8, 4) is 0 Å². The normalized spacial score (nSPS) is 22.7. The lowest BCUT2D eigenvalue weighted by Gasteiger charge is -2.05. The summed E-state index contributed by atoms with van der Waals surface area (Å²) in [6, 6.07) is 14.5. The SMILES string of the molecule is O=S(=O)(c1ccccn1)N1CC1c1ccccc1. The Morgan fingerprint density at radius 2 is 1.78 bits per heavy atom. The van der Waals surface area contributed by atoms with Crippen molar-refractivity contribution < 1.29 is 8.42 Å². The van der Waals surface area contributed by atoms with E-state index in [0.717, 1.165) is 5.56 Å². The van der Waals surface area contributed by atoms with Crippen molar-refractivity contribution in [2.75, 3.05) is 6.54 Å². The topological polar surface area (TPSA) is 50.0 Å². The highest BCUT2D eigenvalue weighted by atomic mass is 32.2. The van der Waals surface area contributed by atoms with Gasteiger partial charge in [0.2, 0.25) is 0 Å². The molecular formula is C13H12N2O2S. The number of aromatic nitrogens is 1. The fourth-order valence-corrected chi connectivity index (χ4v) is 3.43. The van der Waals surface area contributed by atoms with Crippen LogP contribution in [0.4, 0.5) is 0 Å². The molecule has 5 heteroatoms. The molecule has 0 radical (unpaired) electrons. The Bertz CT molecular complexity index is 641. The van der Waals surface area contributed by atoms with E-state index in [1.807, 2.05) is 30.3 Å². The van der Waals surface area contributed by atoms with Crippen LogP contribution in [0, 0.1) is 0 Å². The van der Waals surface area contributed by atoms with Gasteiger partial charge in [0.15, 0.2) is 5.03 Å². The number of hydrogen-bond acceptors (Lipinski definition) is 3. The summed E-state index contributed by atoms with van der Waals surface area (Å²) in [6.07, 6.45) is 1.49. The first-order chi connectivity index (χ1) is 8.69. The second-order valence-corrected chi connectivity index (χ2v) is 6.01. The molecule has 0 bridgehead atoms. The van der Waals surface area contributed by atoms with Gasteiger partial charge < -0.3 is 0 Å². The van der Waals surface area contributed by atoms with Crippen LogP contribution in [0.3, 0.4) is 0 Å². The molecule has 1 aliphatic rings. The van der Waals surface area contributed by atoms with Crippen LogP contribution in [0.2, 0.25) is 0 Å². The van der Waals surface area contributed by atoms with Crippen LogP contribution in [0.15, 0.2) is 59.8 Å². The maximum atomic E-state index is 12.2. The molecule has 1 fully saturated rings. The zero-order valence-electron chi connectivity index (χ0n) is 9.60.